The lowest BCUT2D eigenvalue weighted by Gasteiger charge is -2.05. The summed E-state index contributed by atoms with van der Waals surface area (Å²) in [6.07, 6.45) is 5.62. The average Bonchev–Trinajstić information content (AvgIpc) is 2.23. The Bertz CT molecular complexity index is 258. The van der Waals surface area contributed by atoms with Crippen LogP contribution in [0.5, 0.6) is 0 Å². The molecule has 0 bridgehead atoms. The topological polar surface area (TPSA) is 35.5 Å². The van der Waals surface area contributed by atoms with Crippen LogP contribution in [0, 0.1) is 11.8 Å². The van der Waals surface area contributed by atoms with E-state index in [0.29, 0.717) is 0 Å². The van der Waals surface area contributed by atoms with Crippen molar-refractivity contribution in [1.29, 1.82) is 0 Å². The predicted octanol–water partition coefficient (Wildman–Crippen LogP) is 2.91. The molecule has 0 heterocycles. The lowest BCUT2D eigenvalue weighted by molar-refractivity contribution is 0.0579. The zero-order chi connectivity index (χ0) is 11.5. The number of carbonyl (C=O) groups excluding carboxylic acids is 1. The number of rotatable bonds is 4. The van der Waals surface area contributed by atoms with Gasteiger partial charge in [0.05, 0.1) is 7.11 Å². The van der Waals surface area contributed by atoms with E-state index in [1.165, 1.54) is 7.11 Å². The van der Waals surface area contributed by atoms with Crippen LogP contribution in [0.25, 0.3) is 0 Å². The second-order valence-electron chi connectivity index (χ2n) is 3.06. The maximum atomic E-state index is 10.7. The Morgan fingerprint density at radius 1 is 1.53 bits per heavy atom. The molecule has 0 fully saturated rings. The number of unbranched alkanes of at least 4 members (excludes halogenated alkanes) is 2. The third-order valence-corrected chi connectivity index (χ3v) is 1.66. The predicted molar refractivity (Wildman–Crippen MR) is 59.4 cm³/mol. The minimum atomic E-state index is -0.675. The molecule has 1 atom stereocenters. The van der Waals surface area contributed by atoms with Crippen LogP contribution in [0.1, 0.15) is 33.1 Å². The molecule has 0 aliphatic heterocycles. The van der Waals surface area contributed by atoms with Crippen LogP contribution in [-0.2, 0) is 9.47 Å². The number of hydrogen-bond acceptors (Lipinski definition) is 3. The van der Waals surface area contributed by atoms with Crippen LogP contribution >= 0.6 is 0 Å². The highest BCUT2D eigenvalue weighted by molar-refractivity contribution is 5.60. The summed E-state index contributed by atoms with van der Waals surface area (Å²) in [5, 5.41) is 0. The molecule has 1 unspecified atom stereocenters. The van der Waals surface area contributed by atoms with Crippen molar-refractivity contribution in [3.8, 4) is 11.8 Å². The maximum absolute atomic E-state index is 10.7. The van der Waals surface area contributed by atoms with Gasteiger partial charge in [0.25, 0.3) is 0 Å². The van der Waals surface area contributed by atoms with Gasteiger partial charge in [-0.1, -0.05) is 25.2 Å². The number of carbonyl (C=O) groups is 1. The first-order chi connectivity index (χ1) is 7.20. The van der Waals surface area contributed by atoms with Gasteiger partial charge in [0, 0.05) is 6.42 Å². The molecule has 3 nitrogen and oxygen atoms in total. The number of methoxy groups -OCH3 is 1. The van der Waals surface area contributed by atoms with Crippen LogP contribution in [0.2, 0.25) is 0 Å². The molecule has 0 aliphatic rings. The Morgan fingerprint density at radius 3 is 2.87 bits per heavy atom. The molecule has 15 heavy (non-hydrogen) atoms. The molecule has 0 radical (unpaired) electrons. The molecule has 0 aromatic heterocycles. The zero-order valence-corrected chi connectivity index (χ0v) is 9.58. The molecule has 0 amide bonds. The minimum Gasteiger partial charge on any atom is -0.438 e. The summed E-state index contributed by atoms with van der Waals surface area (Å²) >= 11 is 0. The molecule has 0 saturated heterocycles. The summed E-state index contributed by atoms with van der Waals surface area (Å²) in [4.78, 5) is 10.7. The Labute approximate surface area is 91.5 Å². The zero-order valence-electron chi connectivity index (χ0n) is 9.58. The highest BCUT2D eigenvalue weighted by Gasteiger charge is 2.04. The Kier molecular flexibility index (Phi) is 8.27. The van der Waals surface area contributed by atoms with Gasteiger partial charge >= 0.3 is 6.16 Å². The van der Waals surface area contributed by atoms with Crippen LogP contribution in [-0.4, -0.2) is 19.4 Å². The van der Waals surface area contributed by atoms with Crippen molar-refractivity contribution in [2.45, 2.75) is 39.2 Å². The van der Waals surface area contributed by atoms with Gasteiger partial charge in [-0.25, -0.2) is 4.79 Å². The Hall–Kier alpha value is -1.43. The average molecular weight is 210 g/mol. The van der Waals surface area contributed by atoms with E-state index in [9.17, 15) is 4.79 Å². The normalized spacial score (nSPS) is 11.7. The summed E-state index contributed by atoms with van der Waals surface area (Å²) in [6.45, 7) is 3.88. The molecule has 0 saturated carbocycles. The van der Waals surface area contributed by atoms with E-state index in [-0.39, 0.29) is 6.10 Å². The maximum Gasteiger partial charge on any atom is 0.508 e. The monoisotopic (exact) mass is 210 g/mol. The molecular weight excluding hydrogens is 192 g/mol. The molecular formula is C12H18O3. The highest BCUT2D eigenvalue weighted by atomic mass is 16.7. The van der Waals surface area contributed by atoms with Crippen molar-refractivity contribution < 1.29 is 14.3 Å². The summed E-state index contributed by atoms with van der Waals surface area (Å²) in [5.41, 5.74) is 0. The lowest BCUT2D eigenvalue weighted by atomic mass is 10.2. The van der Waals surface area contributed by atoms with E-state index in [1.807, 2.05) is 0 Å². The lowest BCUT2D eigenvalue weighted by Crippen LogP contribution is -2.11. The van der Waals surface area contributed by atoms with Crippen LogP contribution in [0.3, 0.4) is 0 Å². The van der Waals surface area contributed by atoms with Crippen molar-refractivity contribution in [3.05, 3.63) is 12.2 Å². The second kappa shape index (κ2) is 9.14. The molecule has 0 aliphatic carbocycles. The van der Waals surface area contributed by atoms with Crippen molar-refractivity contribution in [2.75, 3.05) is 7.11 Å². The molecule has 0 N–H and O–H groups in total. The third kappa shape index (κ3) is 8.89. The first kappa shape index (κ1) is 13.6. The van der Waals surface area contributed by atoms with Crippen molar-refractivity contribution in [3.63, 3.8) is 0 Å². The first-order valence-electron chi connectivity index (χ1n) is 5.10. The number of ether oxygens (including phenoxy) is 2. The smallest absolute Gasteiger partial charge is 0.438 e. The van der Waals surface area contributed by atoms with Crippen LogP contribution < -0.4 is 0 Å². The summed E-state index contributed by atoms with van der Waals surface area (Å²) in [6, 6.07) is 0. The Balaban J connectivity index is 3.73. The molecule has 0 aromatic rings. The SMILES string of the molecule is CCCCC#C/C=C/C(C)OC(=O)OC. The standard InChI is InChI=1S/C12H18O3/c1-4-5-6-7-8-9-10-11(2)15-12(13)14-3/h9-11H,4-6H2,1-3H3/b10-9+. The summed E-state index contributed by atoms with van der Waals surface area (Å²) in [5.74, 6) is 5.88. The first-order valence-corrected chi connectivity index (χ1v) is 5.10. The van der Waals surface area contributed by atoms with Gasteiger partial charge in [0.15, 0.2) is 0 Å². The van der Waals surface area contributed by atoms with Gasteiger partial charge in [-0.05, 0) is 25.5 Å². The molecule has 84 valence electrons. The van der Waals surface area contributed by atoms with Gasteiger partial charge in [-0.15, -0.1) is 0 Å². The molecule has 0 rings (SSSR count). The minimum absolute atomic E-state index is 0.307. The summed E-state index contributed by atoms with van der Waals surface area (Å²) in [7, 11) is 1.28. The van der Waals surface area contributed by atoms with E-state index in [4.69, 9.17) is 4.74 Å². The van der Waals surface area contributed by atoms with E-state index < -0.39 is 6.16 Å². The van der Waals surface area contributed by atoms with Crippen molar-refractivity contribution >= 4 is 6.16 Å². The third-order valence-electron chi connectivity index (χ3n) is 1.66. The van der Waals surface area contributed by atoms with Gasteiger partial charge < -0.3 is 9.47 Å². The van der Waals surface area contributed by atoms with Gasteiger partial charge in [-0.2, -0.15) is 0 Å². The molecule has 0 spiro atoms. The number of hydrogen-bond donors (Lipinski definition) is 0. The largest absolute Gasteiger partial charge is 0.508 e. The van der Waals surface area contributed by atoms with Gasteiger partial charge in [-0.3, -0.25) is 0 Å². The van der Waals surface area contributed by atoms with Gasteiger partial charge in [0.1, 0.15) is 6.10 Å². The van der Waals surface area contributed by atoms with Crippen molar-refractivity contribution in [2.24, 2.45) is 0 Å². The van der Waals surface area contributed by atoms with E-state index in [2.05, 4.69) is 23.5 Å². The molecule has 0 aromatic carbocycles. The molecule has 3 heteroatoms. The highest BCUT2D eigenvalue weighted by Crippen LogP contribution is 1.95. The van der Waals surface area contributed by atoms with E-state index >= 15 is 0 Å². The van der Waals surface area contributed by atoms with Crippen LogP contribution in [0.15, 0.2) is 12.2 Å². The van der Waals surface area contributed by atoms with Gasteiger partial charge in [0.2, 0.25) is 0 Å². The van der Waals surface area contributed by atoms with Crippen molar-refractivity contribution in [1.82, 2.24) is 0 Å². The van der Waals surface area contributed by atoms with E-state index in [1.54, 1.807) is 19.1 Å². The second-order valence-corrected chi connectivity index (χ2v) is 3.06. The fourth-order valence-corrected chi connectivity index (χ4v) is 0.819. The van der Waals surface area contributed by atoms with E-state index in [0.717, 1.165) is 19.3 Å². The summed E-state index contributed by atoms with van der Waals surface area (Å²) < 4.78 is 9.16. The van der Waals surface area contributed by atoms with Crippen LogP contribution in [0.4, 0.5) is 4.79 Å². The Morgan fingerprint density at radius 2 is 2.27 bits per heavy atom. The fourth-order valence-electron chi connectivity index (χ4n) is 0.819. The quantitative estimate of drug-likeness (QED) is 0.406. The number of allylic oxidation sites excluding steroid dienone is 1. The fraction of sp³-hybridized carbons (Fsp3) is 0.583.